The van der Waals surface area contributed by atoms with Crippen LogP contribution in [0.4, 0.5) is 18.9 Å². The van der Waals surface area contributed by atoms with Gasteiger partial charge in [-0.1, -0.05) is 61.9 Å². The van der Waals surface area contributed by atoms with E-state index in [2.05, 4.69) is 17.6 Å². The number of anilines is 1. The second-order valence-corrected chi connectivity index (χ2v) is 13.6. The fourth-order valence-electron chi connectivity index (χ4n) is 5.77. The fourth-order valence-corrected chi connectivity index (χ4v) is 6.91. The second kappa shape index (κ2) is 13.2. The Balaban J connectivity index is 1.40. The number of benzene rings is 3. The molecule has 0 aliphatic carbocycles. The first-order valence-corrected chi connectivity index (χ1v) is 16.5. The number of nitrogens with one attached hydrogen (secondary N) is 2. The summed E-state index contributed by atoms with van der Waals surface area (Å²) in [5.74, 6) is -0.537. The van der Waals surface area contributed by atoms with Crippen LogP contribution in [-0.4, -0.2) is 55.5 Å². The number of rotatable bonds is 11. The van der Waals surface area contributed by atoms with Gasteiger partial charge in [0.25, 0.3) is 5.91 Å². The van der Waals surface area contributed by atoms with E-state index < -0.39 is 39.8 Å². The molecule has 3 aromatic carbocycles. The van der Waals surface area contributed by atoms with E-state index in [0.29, 0.717) is 24.2 Å². The molecule has 1 aliphatic rings. The molecule has 12 heteroatoms. The number of hydrogen-bond acceptors (Lipinski definition) is 5. The minimum atomic E-state index is -4.46. The summed E-state index contributed by atoms with van der Waals surface area (Å²) in [4.78, 5) is 13.8. The molecule has 1 aliphatic heterocycles. The quantitative estimate of drug-likeness (QED) is 0.216. The number of aryl methyl sites for hydroxylation is 2. The average Bonchev–Trinajstić information content (AvgIpc) is 3.32. The molecule has 1 amide bonds. The monoisotopic (exact) mass is 642 g/mol. The molecule has 0 spiro atoms. The van der Waals surface area contributed by atoms with Crippen LogP contribution in [0.5, 0.6) is 0 Å². The van der Waals surface area contributed by atoms with Crippen molar-refractivity contribution < 1.29 is 31.5 Å². The number of nitrogens with zero attached hydrogens (tertiary/aromatic N) is 2. The molecular weight excluding hydrogens is 605 g/mol. The highest BCUT2D eigenvalue weighted by atomic mass is 32.2. The van der Waals surface area contributed by atoms with Crippen molar-refractivity contribution in [2.24, 2.45) is 0 Å². The minimum Gasteiger partial charge on any atom is -0.390 e. The molecule has 4 aromatic rings. The van der Waals surface area contributed by atoms with Gasteiger partial charge in [0.05, 0.1) is 34.7 Å². The van der Waals surface area contributed by atoms with Gasteiger partial charge in [0.15, 0.2) is 0 Å². The van der Waals surface area contributed by atoms with Crippen LogP contribution < -0.4 is 14.9 Å². The van der Waals surface area contributed by atoms with Gasteiger partial charge in [-0.05, 0) is 47.7 Å². The normalized spacial score (nSPS) is 15.9. The maximum absolute atomic E-state index is 13.8. The number of amides is 1. The van der Waals surface area contributed by atoms with Gasteiger partial charge < -0.3 is 20.3 Å². The zero-order valence-electron chi connectivity index (χ0n) is 25.1. The fraction of sp³-hybridized carbons (Fsp3) is 0.364. The first-order valence-electron chi connectivity index (χ1n) is 14.9. The molecule has 0 radical (unpaired) electrons. The van der Waals surface area contributed by atoms with Crippen molar-refractivity contribution in [1.29, 1.82) is 0 Å². The number of aliphatic hydroxyl groups excluding tert-OH is 1. The minimum absolute atomic E-state index is 0.00277. The number of carbonyl (C=O) groups is 1. The number of carbonyl (C=O) groups excluding carboxylic acids is 1. The van der Waals surface area contributed by atoms with Crippen LogP contribution in [-0.2, 0) is 42.1 Å². The van der Waals surface area contributed by atoms with E-state index in [0.717, 1.165) is 47.0 Å². The molecule has 3 N–H and O–H groups in total. The highest BCUT2D eigenvalue weighted by molar-refractivity contribution is 7.92. The van der Waals surface area contributed by atoms with E-state index >= 15 is 0 Å². The summed E-state index contributed by atoms with van der Waals surface area (Å²) in [6.07, 6.45) is -1.66. The van der Waals surface area contributed by atoms with Crippen molar-refractivity contribution in [1.82, 2.24) is 15.2 Å². The molecule has 0 fully saturated rings. The molecule has 0 saturated carbocycles. The van der Waals surface area contributed by atoms with Crippen LogP contribution >= 0.6 is 0 Å². The smallest absolute Gasteiger partial charge is 0.390 e. The van der Waals surface area contributed by atoms with Gasteiger partial charge in [0, 0.05) is 43.8 Å². The maximum atomic E-state index is 13.8. The largest absolute Gasteiger partial charge is 0.416 e. The number of halogens is 3. The lowest BCUT2D eigenvalue weighted by atomic mass is 9.99. The molecule has 2 atom stereocenters. The predicted molar refractivity (Wildman–Crippen MR) is 169 cm³/mol. The summed E-state index contributed by atoms with van der Waals surface area (Å²) in [6.45, 7) is 2.46. The Morgan fingerprint density at radius 2 is 1.78 bits per heavy atom. The van der Waals surface area contributed by atoms with E-state index in [1.165, 1.54) is 17.4 Å². The summed E-state index contributed by atoms with van der Waals surface area (Å²) >= 11 is 0. The van der Waals surface area contributed by atoms with Gasteiger partial charge in [-0.3, -0.25) is 9.10 Å². The molecule has 2 heterocycles. The first kappa shape index (κ1) is 32.5. The van der Waals surface area contributed by atoms with Crippen LogP contribution in [0.3, 0.4) is 0 Å². The third kappa shape index (κ3) is 7.34. The third-order valence-corrected chi connectivity index (χ3v) is 9.91. The molecule has 8 nitrogen and oxygen atoms in total. The topological polar surface area (TPSA) is 104 Å². The molecule has 240 valence electrons. The zero-order valence-corrected chi connectivity index (χ0v) is 26.0. The lowest BCUT2D eigenvalue weighted by molar-refractivity contribution is -0.137. The Hall–Kier alpha value is -3.87. The number of sulfonamides is 1. The van der Waals surface area contributed by atoms with E-state index in [4.69, 9.17) is 0 Å². The Kier molecular flexibility index (Phi) is 9.57. The highest BCUT2D eigenvalue weighted by Crippen LogP contribution is 2.36. The Morgan fingerprint density at radius 1 is 1.04 bits per heavy atom. The van der Waals surface area contributed by atoms with Gasteiger partial charge in [0.1, 0.15) is 0 Å². The predicted octanol–water partition coefficient (Wildman–Crippen LogP) is 4.88. The molecular formula is C33H37F3N4O4S. The lowest BCUT2D eigenvalue weighted by Crippen LogP contribution is -2.48. The Labute approximate surface area is 260 Å². The van der Waals surface area contributed by atoms with Crippen LogP contribution in [0.15, 0.2) is 72.9 Å². The van der Waals surface area contributed by atoms with Crippen LogP contribution in [0.1, 0.15) is 46.0 Å². The average molecular weight is 643 g/mol. The van der Waals surface area contributed by atoms with Crippen LogP contribution in [0, 0.1) is 0 Å². The Bertz CT molecular complexity index is 1770. The van der Waals surface area contributed by atoms with E-state index in [-0.39, 0.29) is 24.4 Å². The molecule has 0 bridgehead atoms. The van der Waals surface area contributed by atoms with E-state index in [1.54, 1.807) is 18.2 Å². The van der Waals surface area contributed by atoms with Gasteiger partial charge in [-0.15, -0.1) is 0 Å². The Morgan fingerprint density at radius 3 is 2.49 bits per heavy atom. The van der Waals surface area contributed by atoms with Crippen molar-refractivity contribution in [3.63, 3.8) is 0 Å². The van der Waals surface area contributed by atoms with Crippen molar-refractivity contribution in [2.45, 2.75) is 57.6 Å². The number of aliphatic hydroxyl groups is 1. The summed E-state index contributed by atoms with van der Waals surface area (Å²) in [5, 5.41) is 18.0. The number of aromatic nitrogens is 1. The molecule has 0 saturated heterocycles. The lowest BCUT2D eigenvalue weighted by Gasteiger charge is -2.25. The standard InChI is InChI=1S/C33H37F3N4O4S/c1-3-8-24-21-40-13-14-45(43,44)39(2)29-18-25(17-27(24)31(29)40)32(42)38-28(16-22-9-5-4-6-10-22)30(41)20-37-19-23-11-7-12-26(15-23)33(34,35)36/h4-7,9-12,15,17-18,21,28,30,37,41H,3,8,13-14,16,19-20H2,1-2H3,(H,38,42)/t28-,30+/m0/s1. The number of hydrogen-bond donors (Lipinski definition) is 3. The van der Waals surface area contributed by atoms with Gasteiger partial charge in [-0.2, -0.15) is 13.2 Å². The third-order valence-electron chi connectivity index (χ3n) is 8.18. The van der Waals surface area contributed by atoms with Crippen molar-refractivity contribution in [2.75, 3.05) is 23.7 Å². The maximum Gasteiger partial charge on any atom is 0.416 e. The molecule has 1 aromatic heterocycles. The second-order valence-electron chi connectivity index (χ2n) is 11.4. The van der Waals surface area contributed by atoms with Crippen LogP contribution in [0.25, 0.3) is 10.9 Å². The van der Waals surface area contributed by atoms with Crippen LogP contribution in [0.2, 0.25) is 0 Å². The SMILES string of the molecule is CCCc1cn2c3c(cc(C(=O)N[C@@H](Cc4ccccc4)[C@H](O)CNCc4cccc(C(F)(F)F)c4)cc13)N(C)S(=O)(=O)CC2. The van der Waals surface area contributed by atoms with Crippen molar-refractivity contribution in [3.8, 4) is 0 Å². The van der Waals surface area contributed by atoms with Crippen molar-refractivity contribution in [3.05, 3.63) is 101 Å². The number of alkyl halides is 3. The zero-order chi connectivity index (χ0) is 32.4. The first-order chi connectivity index (χ1) is 21.4. The summed E-state index contributed by atoms with van der Waals surface area (Å²) in [7, 11) is -2.11. The molecule has 5 rings (SSSR count). The summed E-state index contributed by atoms with van der Waals surface area (Å²) < 4.78 is 68.5. The van der Waals surface area contributed by atoms with Gasteiger partial charge >= 0.3 is 6.18 Å². The summed E-state index contributed by atoms with van der Waals surface area (Å²) in [6, 6.07) is 16.9. The highest BCUT2D eigenvalue weighted by Gasteiger charge is 2.31. The van der Waals surface area contributed by atoms with Gasteiger partial charge in [0.2, 0.25) is 10.0 Å². The summed E-state index contributed by atoms with van der Waals surface area (Å²) in [5.41, 5.74) is 3.00. The van der Waals surface area contributed by atoms with E-state index in [1.807, 2.05) is 41.1 Å². The van der Waals surface area contributed by atoms with Crippen molar-refractivity contribution >= 4 is 32.5 Å². The molecule has 45 heavy (non-hydrogen) atoms. The van der Waals surface area contributed by atoms with E-state index in [9.17, 15) is 31.5 Å². The molecule has 0 unspecified atom stereocenters. The van der Waals surface area contributed by atoms with Gasteiger partial charge in [-0.25, -0.2) is 8.42 Å².